The lowest BCUT2D eigenvalue weighted by atomic mass is 9.85. The molecule has 5 nitrogen and oxygen atoms in total. The van der Waals surface area contributed by atoms with E-state index in [1.165, 1.54) is 35.0 Å². The van der Waals surface area contributed by atoms with Crippen LogP contribution < -0.4 is 14.2 Å². The van der Waals surface area contributed by atoms with Gasteiger partial charge >= 0.3 is 24.9 Å². The number of alkyl halides is 10. The van der Waals surface area contributed by atoms with Gasteiger partial charge in [0.25, 0.3) is 0 Å². The van der Waals surface area contributed by atoms with E-state index in [1.54, 1.807) is 19.9 Å². The summed E-state index contributed by atoms with van der Waals surface area (Å²) in [5.74, 6) is -5.24. The maximum atomic E-state index is 12.8. The molecule has 5 rings (SSSR count). The van der Waals surface area contributed by atoms with Crippen LogP contribution >= 0.6 is 34.8 Å². The number of ether oxygens (including phenoxy) is 3. The fourth-order valence-corrected chi connectivity index (χ4v) is 6.42. The highest BCUT2D eigenvalue weighted by Gasteiger charge is 2.42. The van der Waals surface area contributed by atoms with Gasteiger partial charge in [0.1, 0.15) is 21.6 Å². The Morgan fingerprint density at radius 3 is 1.37 bits per heavy atom. The number of nitrogens with zero attached hydrogens (tertiary/aromatic N) is 2. The van der Waals surface area contributed by atoms with Gasteiger partial charge in [0, 0.05) is 17.4 Å². The second-order valence-electron chi connectivity index (χ2n) is 21.8. The number of aromatic nitrogens is 2. The van der Waals surface area contributed by atoms with Gasteiger partial charge in [-0.05, 0) is 136 Å². The molecule has 75 heavy (non-hydrogen) atoms. The van der Waals surface area contributed by atoms with Gasteiger partial charge in [-0.2, -0.15) is 22.0 Å². The normalized spacial score (nSPS) is 12.3. The molecule has 0 saturated heterocycles. The van der Waals surface area contributed by atoms with Gasteiger partial charge in [0.05, 0.1) is 12.2 Å². The zero-order valence-corrected chi connectivity index (χ0v) is 47.8. The third-order valence-electron chi connectivity index (χ3n) is 10.6. The summed E-state index contributed by atoms with van der Waals surface area (Å²) >= 11 is 17.6. The summed E-state index contributed by atoms with van der Waals surface area (Å²) in [4.78, 5) is 7.95. The minimum atomic E-state index is -4.69. The highest BCUT2D eigenvalue weighted by Crippen LogP contribution is 2.35. The average molecular weight is 1130 g/mol. The highest BCUT2D eigenvalue weighted by atomic mass is 35.5. The van der Waals surface area contributed by atoms with Gasteiger partial charge in [0.15, 0.2) is 6.61 Å². The molecule has 0 radical (unpaired) electrons. The van der Waals surface area contributed by atoms with E-state index in [0.29, 0.717) is 34.7 Å². The van der Waals surface area contributed by atoms with Crippen molar-refractivity contribution < 1.29 is 62.5 Å². The first kappa shape index (κ1) is 68.5. The molecular weight excluding hydrogens is 1060 g/mol. The van der Waals surface area contributed by atoms with Crippen molar-refractivity contribution in [2.45, 2.75) is 170 Å². The number of aryl methyl sites for hydroxylation is 2. The Morgan fingerprint density at radius 1 is 0.533 bits per heavy atom. The monoisotopic (exact) mass is 1130 g/mol. The number of halogens is 14. The first-order chi connectivity index (χ1) is 33.8. The van der Waals surface area contributed by atoms with E-state index < -0.39 is 42.9 Å². The zero-order chi connectivity index (χ0) is 58.5. The van der Waals surface area contributed by atoms with Crippen LogP contribution in [0.3, 0.4) is 0 Å². The van der Waals surface area contributed by atoms with Gasteiger partial charge < -0.3 is 14.2 Å². The van der Waals surface area contributed by atoms with Gasteiger partial charge in [-0.25, -0.2) is 23.1 Å². The Hall–Kier alpha value is -4.54. The summed E-state index contributed by atoms with van der Waals surface area (Å²) in [6, 6.07) is 16.9. The number of hydrogen-bond acceptors (Lipinski definition) is 5. The first-order valence-corrected chi connectivity index (χ1v) is 24.7. The lowest BCUT2D eigenvalue weighted by Crippen LogP contribution is -2.34. The molecule has 2 aromatic heterocycles. The van der Waals surface area contributed by atoms with E-state index in [1.807, 2.05) is 60.7 Å². The SMILES string of the molecule is CC(C)(C)c1cc(Cl)cc(OC(F)(F)F)c1.CC(C)(C)c1cnc(OCC(F)(F)C(F)F)c(Cl)c1.CC(C)c1cc(F)cc(C(F)(F)F)c1.CCOc1ncc(C(C)(C)C)cc1Cl.Cc1ccc(C(C)(C)C)cc1C. The molecule has 0 unspecified atom stereocenters. The third kappa shape index (κ3) is 25.0. The standard InChI is InChI=1S/C12H14ClF4NO.C12H18.C11H12ClF3O.C11H16ClNO.C10H10F4/c1-11(2,3)7-4-8(13)9(18-5-7)19-6-12(16,17)10(14)15;1-9-6-7-11(8-10(9)2)12(3,4)5;1-10(2,3)7-4-8(12)6-9(5-7)16-11(13,14)15;1-5-14-10-9(12)6-8(7-13-10)11(2,3)4;1-6(2)7-3-8(10(12,13)14)5-9(11)4-7/h4-5,10H,6H2,1-3H3;6-8H,1-5H3;4-6H,1-3H3;6-7H,5H2,1-4H3;3-6H,1-2H3. The summed E-state index contributed by atoms with van der Waals surface area (Å²) in [5, 5.41) is 0.823. The van der Waals surface area contributed by atoms with Gasteiger partial charge in [-0.15, -0.1) is 13.2 Å². The van der Waals surface area contributed by atoms with Crippen LogP contribution in [-0.2, 0) is 27.8 Å². The number of pyridine rings is 2. The van der Waals surface area contributed by atoms with E-state index in [4.69, 9.17) is 39.5 Å². The van der Waals surface area contributed by atoms with E-state index >= 15 is 0 Å². The molecule has 3 aromatic carbocycles. The average Bonchev–Trinajstić information content (AvgIpc) is 3.23. The van der Waals surface area contributed by atoms with Crippen molar-refractivity contribution in [1.82, 2.24) is 9.97 Å². The molecular formula is C56H70Cl3F11N2O3. The van der Waals surface area contributed by atoms with Crippen LogP contribution in [0, 0.1) is 19.7 Å². The van der Waals surface area contributed by atoms with Gasteiger partial charge in [-0.3, -0.25) is 0 Å². The maximum Gasteiger partial charge on any atom is 0.573 e. The number of hydrogen-bond donors (Lipinski definition) is 0. The van der Waals surface area contributed by atoms with Crippen LogP contribution in [0.4, 0.5) is 48.3 Å². The lowest BCUT2D eigenvalue weighted by Gasteiger charge is -2.20. The molecule has 0 aliphatic heterocycles. The van der Waals surface area contributed by atoms with E-state index in [9.17, 15) is 48.3 Å². The van der Waals surface area contributed by atoms with Crippen molar-refractivity contribution in [3.8, 4) is 17.5 Å². The molecule has 2 heterocycles. The molecule has 0 atom stereocenters. The smallest absolute Gasteiger partial charge is 0.477 e. The Labute approximate surface area is 450 Å². The Morgan fingerprint density at radius 2 is 1.00 bits per heavy atom. The van der Waals surface area contributed by atoms with Crippen LogP contribution in [0.1, 0.15) is 154 Å². The lowest BCUT2D eigenvalue weighted by molar-refractivity contribution is -0.274. The van der Waals surface area contributed by atoms with Crippen LogP contribution in [0.2, 0.25) is 15.1 Å². The summed E-state index contributed by atoms with van der Waals surface area (Å²) in [6.07, 6.45) is -9.73. The molecule has 0 saturated carbocycles. The molecule has 0 N–H and O–H groups in total. The molecule has 0 spiro atoms. The Balaban J connectivity index is 0.000000472. The Bertz CT molecular complexity index is 2580. The molecule has 0 amide bonds. The Kier molecular flexibility index (Phi) is 25.3. The summed E-state index contributed by atoms with van der Waals surface area (Å²) in [6.45, 7) is 33.3. The molecule has 0 aliphatic carbocycles. The van der Waals surface area contributed by atoms with Crippen molar-refractivity contribution in [2.75, 3.05) is 13.2 Å². The largest absolute Gasteiger partial charge is 0.573 e. The van der Waals surface area contributed by atoms with Crippen molar-refractivity contribution in [1.29, 1.82) is 0 Å². The molecule has 0 fully saturated rings. The number of benzene rings is 3. The van der Waals surface area contributed by atoms with Gasteiger partial charge in [0.2, 0.25) is 11.8 Å². The maximum absolute atomic E-state index is 12.8. The molecule has 0 aliphatic rings. The number of rotatable bonds is 8. The zero-order valence-electron chi connectivity index (χ0n) is 45.5. The second kappa shape index (κ2) is 27.7. The van der Waals surface area contributed by atoms with Crippen molar-refractivity contribution in [3.05, 3.63) is 145 Å². The predicted octanol–water partition coefficient (Wildman–Crippen LogP) is 19.8. The highest BCUT2D eigenvalue weighted by molar-refractivity contribution is 6.32. The second-order valence-corrected chi connectivity index (χ2v) is 23.0. The molecule has 420 valence electrons. The van der Waals surface area contributed by atoms with E-state index in [2.05, 4.69) is 93.0 Å². The van der Waals surface area contributed by atoms with Crippen LogP contribution in [0.25, 0.3) is 0 Å². The van der Waals surface area contributed by atoms with Crippen molar-refractivity contribution >= 4 is 34.8 Å². The van der Waals surface area contributed by atoms with Crippen molar-refractivity contribution in [2.24, 2.45) is 0 Å². The molecule has 19 heteroatoms. The van der Waals surface area contributed by atoms with Crippen molar-refractivity contribution in [3.63, 3.8) is 0 Å². The quantitative estimate of drug-likeness (QED) is 0.145. The summed E-state index contributed by atoms with van der Waals surface area (Å²) < 4.78 is 149. The topological polar surface area (TPSA) is 53.5 Å². The predicted molar refractivity (Wildman–Crippen MR) is 280 cm³/mol. The minimum absolute atomic E-state index is 0.0116. The minimum Gasteiger partial charge on any atom is -0.477 e. The summed E-state index contributed by atoms with van der Waals surface area (Å²) in [5.41, 5.74) is 6.06. The molecule has 5 aromatic rings. The van der Waals surface area contributed by atoms with E-state index in [0.717, 1.165) is 29.3 Å². The van der Waals surface area contributed by atoms with Gasteiger partial charge in [-0.1, -0.05) is 150 Å². The fourth-order valence-electron chi connectivity index (χ4n) is 5.75. The third-order valence-corrected chi connectivity index (χ3v) is 11.4. The van der Waals surface area contributed by atoms with Crippen LogP contribution in [-0.4, -0.2) is 41.9 Å². The molecule has 0 bridgehead atoms. The first-order valence-electron chi connectivity index (χ1n) is 23.5. The fraction of sp³-hybridized carbons (Fsp3) is 0.500. The van der Waals surface area contributed by atoms with Crippen LogP contribution in [0.15, 0.2) is 79.1 Å². The van der Waals surface area contributed by atoms with Crippen LogP contribution in [0.5, 0.6) is 17.5 Å². The summed E-state index contributed by atoms with van der Waals surface area (Å²) in [7, 11) is 0. The van der Waals surface area contributed by atoms with E-state index in [-0.39, 0.29) is 49.3 Å².